The highest BCUT2D eigenvalue weighted by atomic mass is 16.1. The zero-order valence-electron chi connectivity index (χ0n) is 13.8. The second-order valence-electron chi connectivity index (χ2n) is 5.82. The Morgan fingerprint density at radius 1 is 1.38 bits per heavy atom. The monoisotopic (exact) mass is 291 g/mol. The number of carbonyl (C=O) groups is 1. The lowest BCUT2D eigenvalue weighted by atomic mass is 9.94. The summed E-state index contributed by atoms with van der Waals surface area (Å²) in [5.41, 5.74) is 7.40. The first-order valence-electron chi connectivity index (χ1n) is 7.73. The molecule has 1 atom stereocenters. The molecule has 0 spiro atoms. The van der Waals surface area contributed by atoms with Crippen LogP contribution in [0.15, 0.2) is 24.3 Å². The summed E-state index contributed by atoms with van der Waals surface area (Å²) in [6.07, 6.45) is 2.79. The summed E-state index contributed by atoms with van der Waals surface area (Å²) in [7, 11) is 1.79. The van der Waals surface area contributed by atoms with Crippen LogP contribution in [-0.4, -0.2) is 31.6 Å². The first-order chi connectivity index (χ1) is 9.92. The van der Waals surface area contributed by atoms with E-state index in [4.69, 9.17) is 5.73 Å². The molecule has 0 aliphatic rings. The smallest absolute Gasteiger partial charge is 0.237 e. The van der Waals surface area contributed by atoms with Crippen LogP contribution in [-0.2, 0) is 4.79 Å². The number of hydrogen-bond acceptors (Lipinski definition) is 3. The maximum absolute atomic E-state index is 11.4. The van der Waals surface area contributed by atoms with Gasteiger partial charge in [0.05, 0.1) is 5.54 Å². The lowest BCUT2D eigenvalue weighted by Crippen LogP contribution is -2.51. The van der Waals surface area contributed by atoms with Crippen molar-refractivity contribution in [3.63, 3.8) is 0 Å². The number of primary amides is 1. The average molecular weight is 291 g/mol. The van der Waals surface area contributed by atoms with E-state index in [0.717, 1.165) is 32.4 Å². The van der Waals surface area contributed by atoms with Crippen LogP contribution in [0.25, 0.3) is 0 Å². The van der Waals surface area contributed by atoms with Gasteiger partial charge >= 0.3 is 0 Å². The van der Waals surface area contributed by atoms with E-state index in [2.05, 4.69) is 48.3 Å². The lowest BCUT2D eigenvalue weighted by molar-refractivity contribution is -0.123. The molecule has 1 aromatic carbocycles. The summed E-state index contributed by atoms with van der Waals surface area (Å²) in [5, 5.41) is 3.03. The highest BCUT2D eigenvalue weighted by Crippen LogP contribution is 2.18. The highest BCUT2D eigenvalue weighted by molar-refractivity contribution is 5.84. The van der Waals surface area contributed by atoms with Gasteiger partial charge in [0.25, 0.3) is 0 Å². The molecule has 0 aliphatic heterocycles. The van der Waals surface area contributed by atoms with E-state index in [1.54, 1.807) is 7.05 Å². The topological polar surface area (TPSA) is 58.4 Å². The third-order valence-electron chi connectivity index (χ3n) is 4.20. The van der Waals surface area contributed by atoms with Gasteiger partial charge in [-0.1, -0.05) is 12.1 Å². The fourth-order valence-corrected chi connectivity index (χ4v) is 2.45. The zero-order valence-corrected chi connectivity index (χ0v) is 13.8. The number of rotatable bonds is 9. The summed E-state index contributed by atoms with van der Waals surface area (Å²) < 4.78 is 0. The van der Waals surface area contributed by atoms with Crippen molar-refractivity contribution in [1.82, 2.24) is 5.32 Å². The summed E-state index contributed by atoms with van der Waals surface area (Å²) >= 11 is 0. The zero-order chi connectivity index (χ0) is 15.9. The SMILES string of the molecule is CCN(CCCCC(C)(NC)C(N)=O)c1cccc(C)c1. The van der Waals surface area contributed by atoms with Crippen LogP contribution in [0.1, 0.15) is 38.7 Å². The molecule has 0 aliphatic carbocycles. The van der Waals surface area contributed by atoms with Crippen molar-refractivity contribution < 1.29 is 4.79 Å². The lowest BCUT2D eigenvalue weighted by Gasteiger charge is -2.27. The van der Waals surface area contributed by atoms with Crippen molar-refractivity contribution in [2.75, 3.05) is 25.0 Å². The molecule has 4 heteroatoms. The van der Waals surface area contributed by atoms with E-state index >= 15 is 0 Å². The minimum absolute atomic E-state index is 0.281. The third kappa shape index (κ3) is 5.05. The minimum Gasteiger partial charge on any atom is -0.372 e. The van der Waals surface area contributed by atoms with Gasteiger partial charge < -0.3 is 16.0 Å². The fraction of sp³-hybridized carbons (Fsp3) is 0.588. The van der Waals surface area contributed by atoms with Crippen molar-refractivity contribution in [2.45, 2.75) is 45.6 Å². The number of aryl methyl sites for hydroxylation is 1. The number of hydrogen-bond donors (Lipinski definition) is 2. The molecule has 1 aromatic rings. The summed E-state index contributed by atoms with van der Waals surface area (Å²) in [5.74, 6) is -0.281. The van der Waals surface area contributed by atoms with Gasteiger partial charge in [0.2, 0.25) is 5.91 Å². The first kappa shape index (κ1) is 17.5. The van der Waals surface area contributed by atoms with Gasteiger partial charge in [0, 0.05) is 18.8 Å². The first-order valence-corrected chi connectivity index (χ1v) is 7.73. The molecule has 0 radical (unpaired) electrons. The van der Waals surface area contributed by atoms with E-state index in [0.29, 0.717) is 0 Å². The predicted molar refractivity (Wildman–Crippen MR) is 89.6 cm³/mol. The quantitative estimate of drug-likeness (QED) is 0.687. The Bertz CT molecular complexity index is 461. The Kier molecular flexibility index (Phi) is 6.69. The van der Waals surface area contributed by atoms with Crippen LogP contribution in [0, 0.1) is 6.92 Å². The van der Waals surface area contributed by atoms with Gasteiger partial charge in [-0.3, -0.25) is 4.79 Å². The predicted octanol–water partition coefficient (Wildman–Crippen LogP) is 2.46. The molecule has 0 heterocycles. The molecule has 1 amide bonds. The average Bonchev–Trinajstić information content (AvgIpc) is 2.46. The molecule has 3 N–H and O–H groups in total. The van der Waals surface area contributed by atoms with Crippen LogP contribution in [0.5, 0.6) is 0 Å². The van der Waals surface area contributed by atoms with Gasteiger partial charge in [-0.05, 0) is 64.8 Å². The summed E-state index contributed by atoms with van der Waals surface area (Å²) in [6.45, 7) is 8.14. The van der Waals surface area contributed by atoms with E-state index in [-0.39, 0.29) is 5.91 Å². The number of amides is 1. The van der Waals surface area contributed by atoms with E-state index in [1.807, 2.05) is 6.92 Å². The van der Waals surface area contributed by atoms with E-state index in [1.165, 1.54) is 11.3 Å². The molecule has 0 saturated carbocycles. The van der Waals surface area contributed by atoms with Crippen LogP contribution in [0.2, 0.25) is 0 Å². The fourth-order valence-electron chi connectivity index (χ4n) is 2.45. The Balaban J connectivity index is 2.48. The van der Waals surface area contributed by atoms with Gasteiger partial charge in [-0.25, -0.2) is 0 Å². The van der Waals surface area contributed by atoms with E-state index in [9.17, 15) is 4.79 Å². The van der Waals surface area contributed by atoms with Crippen LogP contribution in [0.3, 0.4) is 0 Å². The molecule has 21 heavy (non-hydrogen) atoms. The minimum atomic E-state index is -0.597. The third-order valence-corrected chi connectivity index (χ3v) is 4.20. The molecule has 0 fully saturated rings. The number of nitrogens with two attached hydrogens (primary N) is 1. The number of likely N-dealkylation sites (N-methyl/N-ethyl adjacent to an activating group) is 1. The van der Waals surface area contributed by atoms with Gasteiger partial charge in [-0.15, -0.1) is 0 Å². The molecule has 118 valence electrons. The molecule has 1 unspecified atom stereocenters. The molecule has 1 rings (SSSR count). The number of unbranched alkanes of at least 4 members (excludes halogenated alkanes) is 1. The Morgan fingerprint density at radius 3 is 2.62 bits per heavy atom. The Labute approximate surface area is 128 Å². The summed E-state index contributed by atoms with van der Waals surface area (Å²) in [6, 6.07) is 8.57. The summed E-state index contributed by atoms with van der Waals surface area (Å²) in [4.78, 5) is 13.8. The second kappa shape index (κ2) is 8.03. The number of anilines is 1. The Hall–Kier alpha value is -1.55. The molecule has 4 nitrogen and oxygen atoms in total. The van der Waals surface area contributed by atoms with Gasteiger partial charge in [-0.2, -0.15) is 0 Å². The van der Waals surface area contributed by atoms with Crippen molar-refractivity contribution in [3.05, 3.63) is 29.8 Å². The van der Waals surface area contributed by atoms with Crippen molar-refractivity contribution >= 4 is 11.6 Å². The van der Waals surface area contributed by atoms with Crippen LogP contribution >= 0.6 is 0 Å². The molecule has 0 saturated heterocycles. The number of nitrogens with zero attached hydrogens (tertiary/aromatic N) is 1. The largest absolute Gasteiger partial charge is 0.372 e. The van der Waals surface area contributed by atoms with Crippen LogP contribution in [0.4, 0.5) is 5.69 Å². The maximum atomic E-state index is 11.4. The van der Waals surface area contributed by atoms with Gasteiger partial charge in [0.1, 0.15) is 0 Å². The molecule has 0 aromatic heterocycles. The highest BCUT2D eigenvalue weighted by Gasteiger charge is 2.27. The van der Waals surface area contributed by atoms with E-state index < -0.39 is 5.54 Å². The number of benzene rings is 1. The second-order valence-corrected chi connectivity index (χ2v) is 5.82. The van der Waals surface area contributed by atoms with Crippen molar-refractivity contribution in [2.24, 2.45) is 5.73 Å². The molecular formula is C17H29N3O. The van der Waals surface area contributed by atoms with Crippen molar-refractivity contribution in [1.29, 1.82) is 0 Å². The Morgan fingerprint density at radius 2 is 2.10 bits per heavy atom. The molecular weight excluding hydrogens is 262 g/mol. The standard InChI is InChI=1S/C17H29N3O/c1-5-20(15-10-8-9-14(2)13-15)12-7-6-11-17(3,19-4)16(18)21/h8-10,13,19H,5-7,11-12H2,1-4H3,(H2,18,21). The van der Waals surface area contributed by atoms with Gasteiger partial charge in [0.15, 0.2) is 0 Å². The van der Waals surface area contributed by atoms with Crippen LogP contribution < -0.4 is 16.0 Å². The van der Waals surface area contributed by atoms with Crippen molar-refractivity contribution in [3.8, 4) is 0 Å². The maximum Gasteiger partial charge on any atom is 0.237 e. The normalized spacial score (nSPS) is 13.7. The molecule has 0 bridgehead atoms. The number of nitrogens with one attached hydrogen (secondary N) is 1. The number of carbonyl (C=O) groups excluding carboxylic acids is 1.